The Labute approximate surface area is 125 Å². The van der Waals surface area contributed by atoms with E-state index < -0.39 is 10.8 Å². The van der Waals surface area contributed by atoms with Crippen molar-refractivity contribution >= 4 is 16.5 Å². The van der Waals surface area contributed by atoms with Crippen molar-refractivity contribution in [1.29, 1.82) is 0 Å². The minimum absolute atomic E-state index is 0.274. The van der Waals surface area contributed by atoms with Gasteiger partial charge in [-0.3, -0.25) is 4.21 Å². The molecule has 1 fully saturated rings. The highest BCUT2D eigenvalue weighted by molar-refractivity contribution is 7.84. The average Bonchev–Trinajstić information content (AvgIpc) is 2.97. The zero-order valence-electron chi connectivity index (χ0n) is 12.6. The van der Waals surface area contributed by atoms with Gasteiger partial charge in [-0.15, -0.1) is 0 Å². The highest BCUT2D eigenvalue weighted by Gasteiger charge is 2.15. The third-order valence-electron chi connectivity index (χ3n) is 4.05. The molecular formula is C16H26N2OS. The Hall–Kier alpha value is -0.870. The van der Waals surface area contributed by atoms with Crippen LogP contribution in [0.15, 0.2) is 24.3 Å². The summed E-state index contributed by atoms with van der Waals surface area (Å²) in [5.41, 5.74) is 2.75. The van der Waals surface area contributed by atoms with Crippen LogP contribution in [0, 0.1) is 0 Å². The summed E-state index contributed by atoms with van der Waals surface area (Å²) in [4.78, 5) is 2.49. The molecule has 0 bridgehead atoms. The number of rotatable bonds is 7. The number of para-hydroxylation sites is 1. The van der Waals surface area contributed by atoms with Gasteiger partial charge >= 0.3 is 0 Å². The summed E-state index contributed by atoms with van der Waals surface area (Å²) >= 11 is 0. The van der Waals surface area contributed by atoms with Gasteiger partial charge in [0.15, 0.2) is 0 Å². The first kappa shape index (κ1) is 15.5. The Morgan fingerprint density at radius 1 is 1.30 bits per heavy atom. The minimum Gasteiger partial charge on any atom is -0.371 e. The van der Waals surface area contributed by atoms with Crippen LogP contribution >= 0.6 is 0 Å². The number of nitrogens with one attached hydrogen (secondary N) is 1. The predicted octanol–water partition coefficient (Wildman–Crippen LogP) is 2.53. The maximum Gasteiger partial charge on any atom is 0.0411 e. The highest BCUT2D eigenvalue weighted by Crippen LogP contribution is 2.24. The molecule has 0 aliphatic carbocycles. The second-order valence-corrected chi connectivity index (χ2v) is 7.40. The fourth-order valence-corrected chi connectivity index (χ4v) is 3.07. The van der Waals surface area contributed by atoms with E-state index in [9.17, 15) is 4.21 Å². The molecule has 112 valence electrons. The van der Waals surface area contributed by atoms with Gasteiger partial charge in [0.25, 0.3) is 0 Å². The molecular weight excluding hydrogens is 268 g/mol. The van der Waals surface area contributed by atoms with Crippen LogP contribution < -0.4 is 10.2 Å². The van der Waals surface area contributed by atoms with Crippen molar-refractivity contribution in [3.05, 3.63) is 29.8 Å². The Morgan fingerprint density at radius 3 is 2.70 bits per heavy atom. The van der Waals surface area contributed by atoms with Crippen LogP contribution in [0.4, 0.5) is 5.69 Å². The van der Waals surface area contributed by atoms with Gasteiger partial charge in [-0.25, -0.2) is 0 Å². The quantitative estimate of drug-likeness (QED) is 0.784. The molecule has 1 aliphatic rings. The topological polar surface area (TPSA) is 32.3 Å². The summed E-state index contributed by atoms with van der Waals surface area (Å²) in [5.74, 6) is 0. The third kappa shape index (κ3) is 4.32. The van der Waals surface area contributed by atoms with Crippen LogP contribution in [0.5, 0.6) is 0 Å². The minimum atomic E-state index is -0.713. The Balaban J connectivity index is 1.85. The summed E-state index contributed by atoms with van der Waals surface area (Å²) in [5, 5.41) is 3.76. The van der Waals surface area contributed by atoms with Crippen LogP contribution in [0.25, 0.3) is 0 Å². The number of benzene rings is 1. The van der Waals surface area contributed by atoms with Crippen LogP contribution in [0.2, 0.25) is 0 Å². The van der Waals surface area contributed by atoms with Gasteiger partial charge in [-0.05, 0) is 37.4 Å². The molecule has 2 atom stereocenters. The number of hydrogen-bond donors (Lipinski definition) is 1. The molecule has 0 spiro atoms. The van der Waals surface area contributed by atoms with E-state index in [1.807, 2.05) is 0 Å². The van der Waals surface area contributed by atoms with E-state index in [0.717, 1.165) is 19.5 Å². The summed E-state index contributed by atoms with van der Waals surface area (Å²) in [7, 11) is -0.713. The Morgan fingerprint density at radius 2 is 2.00 bits per heavy atom. The van der Waals surface area contributed by atoms with Crippen molar-refractivity contribution in [1.82, 2.24) is 5.32 Å². The molecule has 1 aromatic carbocycles. The van der Waals surface area contributed by atoms with Crippen LogP contribution in [0.3, 0.4) is 0 Å². The smallest absolute Gasteiger partial charge is 0.0411 e. The zero-order valence-corrected chi connectivity index (χ0v) is 13.4. The van der Waals surface area contributed by atoms with Crippen LogP contribution in [0.1, 0.15) is 31.7 Å². The monoisotopic (exact) mass is 294 g/mol. The van der Waals surface area contributed by atoms with Gasteiger partial charge in [0.2, 0.25) is 0 Å². The number of nitrogens with zero attached hydrogens (tertiary/aromatic N) is 1. The summed E-state index contributed by atoms with van der Waals surface area (Å²) in [6.07, 6.45) is 5.37. The molecule has 2 unspecified atom stereocenters. The SMILES string of the molecule is CC(CCNCc1ccccc1N1CCCC1)S(C)=O. The Bertz CT molecular complexity index is 444. The van der Waals surface area contributed by atoms with E-state index in [1.165, 1.54) is 37.2 Å². The first-order chi connectivity index (χ1) is 9.68. The van der Waals surface area contributed by atoms with Gasteiger partial charge in [0, 0.05) is 47.6 Å². The fraction of sp³-hybridized carbons (Fsp3) is 0.625. The van der Waals surface area contributed by atoms with E-state index in [0.29, 0.717) is 0 Å². The lowest BCUT2D eigenvalue weighted by Gasteiger charge is -2.21. The molecule has 0 saturated carbocycles. The molecule has 0 amide bonds. The lowest BCUT2D eigenvalue weighted by atomic mass is 10.1. The van der Waals surface area contributed by atoms with Crippen molar-refractivity contribution in [3.8, 4) is 0 Å². The molecule has 0 radical (unpaired) electrons. The second-order valence-electron chi connectivity index (χ2n) is 5.60. The normalized spacial score (nSPS) is 18.2. The molecule has 2 rings (SSSR count). The average molecular weight is 294 g/mol. The molecule has 20 heavy (non-hydrogen) atoms. The second kappa shape index (κ2) is 7.79. The Kier molecular flexibility index (Phi) is 6.05. The first-order valence-electron chi connectivity index (χ1n) is 7.54. The zero-order chi connectivity index (χ0) is 14.4. The largest absolute Gasteiger partial charge is 0.371 e. The van der Waals surface area contributed by atoms with Gasteiger partial charge < -0.3 is 10.2 Å². The maximum absolute atomic E-state index is 11.3. The standard InChI is InChI=1S/C16H26N2OS/c1-14(20(2)19)9-10-17-13-15-7-3-4-8-16(15)18-11-5-6-12-18/h3-4,7-8,14,17H,5-6,9-13H2,1-2H3. The lowest BCUT2D eigenvalue weighted by Crippen LogP contribution is -2.24. The van der Waals surface area contributed by atoms with Gasteiger partial charge in [0.05, 0.1) is 0 Å². The number of anilines is 1. The summed E-state index contributed by atoms with van der Waals surface area (Å²) < 4.78 is 11.3. The lowest BCUT2D eigenvalue weighted by molar-refractivity contribution is 0.628. The van der Waals surface area contributed by atoms with Gasteiger partial charge in [-0.2, -0.15) is 0 Å². The van der Waals surface area contributed by atoms with Crippen molar-refractivity contribution in [3.63, 3.8) is 0 Å². The summed E-state index contributed by atoms with van der Waals surface area (Å²) in [6, 6.07) is 8.67. The molecule has 1 N–H and O–H groups in total. The van der Waals surface area contributed by atoms with Crippen LogP contribution in [-0.4, -0.2) is 35.3 Å². The van der Waals surface area contributed by atoms with Crippen molar-refractivity contribution in [2.24, 2.45) is 0 Å². The van der Waals surface area contributed by atoms with Crippen molar-refractivity contribution in [2.45, 2.75) is 38.0 Å². The van der Waals surface area contributed by atoms with Gasteiger partial charge in [-0.1, -0.05) is 25.1 Å². The van der Waals surface area contributed by atoms with Crippen molar-refractivity contribution < 1.29 is 4.21 Å². The molecule has 1 heterocycles. The first-order valence-corrected chi connectivity index (χ1v) is 9.16. The molecule has 3 nitrogen and oxygen atoms in total. The number of hydrogen-bond acceptors (Lipinski definition) is 3. The van der Waals surface area contributed by atoms with E-state index in [1.54, 1.807) is 6.26 Å². The van der Waals surface area contributed by atoms with E-state index in [-0.39, 0.29) is 5.25 Å². The van der Waals surface area contributed by atoms with Crippen LogP contribution in [-0.2, 0) is 17.3 Å². The van der Waals surface area contributed by atoms with E-state index in [4.69, 9.17) is 0 Å². The van der Waals surface area contributed by atoms with E-state index in [2.05, 4.69) is 41.4 Å². The predicted molar refractivity (Wildman–Crippen MR) is 87.7 cm³/mol. The highest BCUT2D eigenvalue weighted by atomic mass is 32.2. The molecule has 1 saturated heterocycles. The van der Waals surface area contributed by atoms with Gasteiger partial charge in [0.1, 0.15) is 0 Å². The maximum atomic E-state index is 11.3. The molecule has 4 heteroatoms. The molecule has 1 aromatic rings. The molecule has 0 aromatic heterocycles. The molecule has 1 aliphatic heterocycles. The van der Waals surface area contributed by atoms with E-state index >= 15 is 0 Å². The summed E-state index contributed by atoms with van der Waals surface area (Å²) in [6.45, 7) is 6.24. The third-order valence-corrected chi connectivity index (χ3v) is 5.42. The van der Waals surface area contributed by atoms with Crippen molar-refractivity contribution in [2.75, 3.05) is 30.8 Å². The fourth-order valence-electron chi connectivity index (χ4n) is 2.62.